The Morgan fingerprint density at radius 2 is 1.95 bits per heavy atom. The first-order chi connectivity index (χ1) is 9.22. The summed E-state index contributed by atoms with van der Waals surface area (Å²) >= 11 is 1.81. The van der Waals surface area contributed by atoms with Crippen molar-refractivity contribution >= 4 is 11.8 Å². The predicted octanol–water partition coefficient (Wildman–Crippen LogP) is 3.54. The van der Waals surface area contributed by atoms with Crippen molar-refractivity contribution in [1.82, 2.24) is 10.2 Å². The van der Waals surface area contributed by atoms with Gasteiger partial charge in [-0.05, 0) is 70.3 Å². The molecule has 19 heavy (non-hydrogen) atoms. The quantitative estimate of drug-likeness (QED) is 0.848. The Labute approximate surface area is 122 Å². The number of thioether (sulfide) groups is 1. The molecule has 0 aliphatic carbocycles. The lowest BCUT2D eigenvalue weighted by Crippen LogP contribution is -2.34. The van der Waals surface area contributed by atoms with Crippen LogP contribution in [0.5, 0.6) is 0 Å². The molecule has 0 aromatic heterocycles. The zero-order valence-electron chi connectivity index (χ0n) is 12.4. The molecular weight excluding hydrogens is 252 g/mol. The molecule has 2 nitrogen and oxygen atoms in total. The number of benzene rings is 1. The molecule has 1 heterocycles. The first kappa shape index (κ1) is 14.9. The van der Waals surface area contributed by atoms with Gasteiger partial charge in [0.25, 0.3) is 0 Å². The molecule has 1 N–H and O–H groups in total. The molecule has 106 valence electrons. The summed E-state index contributed by atoms with van der Waals surface area (Å²) < 4.78 is 0. The van der Waals surface area contributed by atoms with E-state index in [1.165, 1.54) is 36.3 Å². The van der Waals surface area contributed by atoms with Gasteiger partial charge in [-0.25, -0.2) is 0 Å². The Morgan fingerprint density at radius 1 is 1.21 bits per heavy atom. The van der Waals surface area contributed by atoms with E-state index >= 15 is 0 Å². The van der Waals surface area contributed by atoms with Gasteiger partial charge in [-0.2, -0.15) is 0 Å². The van der Waals surface area contributed by atoms with Crippen LogP contribution in [-0.4, -0.2) is 37.3 Å². The predicted molar refractivity (Wildman–Crippen MR) is 84.9 cm³/mol. The van der Waals surface area contributed by atoms with Crippen molar-refractivity contribution in [3.05, 3.63) is 29.8 Å². The van der Waals surface area contributed by atoms with E-state index in [1.54, 1.807) is 11.8 Å². The Balaban J connectivity index is 2.01. The summed E-state index contributed by atoms with van der Waals surface area (Å²) in [6.07, 6.45) is 6.01. The van der Waals surface area contributed by atoms with Gasteiger partial charge in [0.2, 0.25) is 0 Å². The number of hydrogen-bond acceptors (Lipinski definition) is 3. The van der Waals surface area contributed by atoms with Crippen LogP contribution >= 0.6 is 11.8 Å². The molecule has 1 aliphatic heterocycles. The highest BCUT2D eigenvalue weighted by molar-refractivity contribution is 7.98. The molecule has 2 unspecified atom stereocenters. The van der Waals surface area contributed by atoms with Crippen LogP contribution in [0.1, 0.15) is 37.8 Å². The van der Waals surface area contributed by atoms with Crippen molar-refractivity contribution in [3.63, 3.8) is 0 Å². The maximum Gasteiger partial charge on any atom is 0.0319 e. The zero-order valence-corrected chi connectivity index (χ0v) is 13.2. The molecule has 2 atom stereocenters. The Bertz CT molecular complexity index is 369. The first-order valence-corrected chi connectivity index (χ1v) is 8.51. The van der Waals surface area contributed by atoms with Gasteiger partial charge < -0.3 is 5.32 Å². The van der Waals surface area contributed by atoms with Gasteiger partial charge >= 0.3 is 0 Å². The van der Waals surface area contributed by atoms with Crippen LogP contribution in [0, 0.1) is 0 Å². The van der Waals surface area contributed by atoms with Crippen molar-refractivity contribution in [1.29, 1.82) is 0 Å². The molecule has 0 radical (unpaired) electrons. The van der Waals surface area contributed by atoms with Gasteiger partial charge in [0, 0.05) is 17.0 Å². The molecule has 1 fully saturated rings. The summed E-state index contributed by atoms with van der Waals surface area (Å²) in [4.78, 5) is 3.90. The fourth-order valence-corrected chi connectivity index (χ4v) is 3.25. The highest BCUT2D eigenvalue weighted by Crippen LogP contribution is 2.26. The monoisotopic (exact) mass is 278 g/mol. The fourth-order valence-electron chi connectivity index (χ4n) is 2.84. The SMILES string of the molecule is CSc1ccc(C(C)N(C)C2CCCNCC2)cc1. The average Bonchev–Trinajstić information content (AvgIpc) is 2.75. The maximum absolute atomic E-state index is 3.50. The zero-order chi connectivity index (χ0) is 13.7. The van der Waals surface area contributed by atoms with Crippen molar-refractivity contribution in [3.8, 4) is 0 Å². The summed E-state index contributed by atoms with van der Waals surface area (Å²) in [6.45, 7) is 4.67. The molecule has 2 rings (SSSR count). The lowest BCUT2D eigenvalue weighted by atomic mass is 10.0. The summed E-state index contributed by atoms with van der Waals surface area (Å²) in [6, 6.07) is 10.2. The molecular formula is C16H26N2S. The standard InChI is InChI=1S/C16H26N2S/c1-13(14-6-8-16(19-3)9-7-14)18(2)15-5-4-11-17-12-10-15/h6-9,13,15,17H,4-5,10-12H2,1-3H3. The second kappa shape index (κ2) is 7.32. The molecule has 1 aliphatic rings. The van der Waals surface area contributed by atoms with Gasteiger partial charge in [0.1, 0.15) is 0 Å². The third kappa shape index (κ3) is 3.98. The summed E-state index contributed by atoms with van der Waals surface area (Å²) in [5.41, 5.74) is 1.43. The van der Waals surface area contributed by atoms with E-state index in [9.17, 15) is 0 Å². The minimum Gasteiger partial charge on any atom is -0.317 e. The summed E-state index contributed by atoms with van der Waals surface area (Å²) in [5, 5.41) is 3.50. The van der Waals surface area contributed by atoms with E-state index in [-0.39, 0.29) is 0 Å². The smallest absolute Gasteiger partial charge is 0.0319 e. The number of hydrogen-bond donors (Lipinski definition) is 1. The molecule has 1 saturated heterocycles. The Morgan fingerprint density at radius 3 is 2.63 bits per heavy atom. The second-order valence-corrected chi connectivity index (χ2v) is 6.33. The van der Waals surface area contributed by atoms with Gasteiger partial charge in [-0.15, -0.1) is 11.8 Å². The van der Waals surface area contributed by atoms with Gasteiger partial charge in [0.05, 0.1) is 0 Å². The van der Waals surface area contributed by atoms with Gasteiger partial charge in [-0.3, -0.25) is 4.90 Å². The Kier molecular flexibility index (Phi) is 5.74. The molecule has 3 heteroatoms. The van der Waals surface area contributed by atoms with Crippen LogP contribution in [-0.2, 0) is 0 Å². The Hall–Kier alpha value is -0.510. The minimum absolute atomic E-state index is 0.499. The van der Waals surface area contributed by atoms with Crippen LogP contribution in [0.25, 0.3) is 0 Å². The average molecular weight is 278 g/mol. The van der Waals surface area contributed by atoms with Crippen LogP contribution in [0.4, 0.5) is 0 Å². The van der Waals surface area contributed by atoms with E-state index in [0.717, 1.165) is 6.54 Å². The van der Waals surface area contributed by atoms with E-state index in [0.29, 0.717) is 12.1 Å². The largest absolute Gasteiger partial charge is 0.317 e. The highest BCUT2D eigenvalue weighted by atomic mass is 32.2. The van der Waals surface area contributed by atoms with Crippen molar-refractivity contribution in [2.45, 2.75) is 43.2 Å². The topological polar surface area (TPSA) is 15.3 Å². The van der Waals surface area contributed by atoms with Crippen molar-refractivity contribution in [2.75, 3.05) is 26.4 Å². The lowest BCUT2D eigenvalue weighted by molar-refractivity contribution is 0.171. The molecule has 0 bridgehead atoms. The molecule has 1 aromatic carbocycles. The molecule has 0 saturated carbocycles. The van der Waals surface area contributed by atoms with E-state index in [1.807, 2.05) is 0 Å². The lowest BCUT2D eigenvalue weighted by Gasteiger charge is -2.33. The summed E-state index contributed by atoms with van der Waals surface area (Å²) in [7, 11) is 2.28. The molecule has 0 amide bonds. The molecule has 1 aromatic rings. The van der Waals surface area contributed by atoms with Crippen molar-refractivity contribution in [2.24, 2.45) is 0 Å². The minimum atomic E-state index is 0.499. The number of nitrogens with one attached hydrogen (secondary N) is 1. The van der Waals surface area contributed by atoms with Gasteiger partial charge in [-0.1, -0.05) is 12.1 Å². The number of nitrogens with zero attached hydrogens (tertiary/aromatic N) is 1. The summed E-state index contributed by atoms with van der Waals surface area (Å²) in [5.74, 6) is 0. The normalized spacial score (nSPS) is 22.2. The number of rotatable bonds is 4. The maximum atomic E-state index is 3.50. The second-order valence-electron chi connectivity index (χ2n) is 5.45. The van der Waals surface area contributed by atoms with Crippen LogP contribution in [0.3, 0.4) is 0 Å². The van der Waals surface area contributed by atoms with E-state index in [2.05, 4.69) is 54.7 Å². The van der Waals surface area contributed by atoms with E-state index < -0.39 is 0 Å². The van der Waals surface area contributed by atoms with E-state index in [4.69, 9.17) is 0 Å². The van der Waals surface area contributed by atoms with Crippen molar-refractivity contribution < 1.29 is 0 Å². The van der Waals surface area contributed by atoms with Crippen LogP contribution in [0.15, 0.2) is 29.2 Å². The third-order valence-corrected chi connectivity index (χ3v) is 5.07. The van der Waals surface area contributed by atoms with Crippen LogP contribution < -0.4 is 5.32 Å². The first-order valence-electron chi connectivity index (χ1n) is 7.29. The van der Waals surface area contributed by atoms with Crippen LogP contribution in [0.2, 0.25) is 0 Å². The molecule has 0 spiro atoms. The van der Waals surface area contributed by atoms with Gasteiger partial charge in [0.15, 0.2) is 0 Å². The highest BCUT2D eigenvalue weighted by Gasteiger charge is 2.21. The third-order valence-electron chi connectivity index (χ3n) is 4.33. The fraction of sp³-hybridized carbons (Fsp3) is 0.625.